The Morgan fingerprint density at radius 2 is 1.81 bits per heavy atom. The van der Waals surface area contributed by atoms with Crippen molar-refractivity contribution in [3.8, 4) is 0 Å². The van der Waals surface area contributed by atoms with Gasteiger partial charge in [0.05, 0.1) is 0 Å². The van der Waals surface area contributed by atoms with Crippen LogP contribution in [0.5, 0.6) is 0 Å². The van der Waals surface area contributed by atoms with Gasteiger partial charge in [-0.1, -0.05) is 37.5 Å². The number of amides is 1. The molecule has 6 nitrogen and oxygen atoms in total. The predicted molar refractivity (Wildman–Crippen MR) is 131 cm³/mol. The molecule has 0 unspecified atom stereocenters. The summed E-state index contributed by atoms with van der Waals surface area (Å²) in [6, 6.07) is 5.01. The van der Waals surface area contributed by atoms with Crippen LogP contribution in [0.25, 0.3) is 0 Å². The number of fused-ring (bicyclic) bond motifs is 1. The van der Waals surface area contributed by atoms with E-state index in [1.165, 1.54) is 48.8 Å². The largest absolute Gasteiger partial charge is 0.312 e. The topological polar surface area (TPSA) is 51.2 Å². The third-order valence-electron chi connectivity index (χ3n) is 6.88. The highest BCUT2D eigenvalue weighted by Gasteiger charge is 2.28. The van der Waals surface area contributed by atoms with Crippen LogP contribution in [-0.2, 0) is 24.1 Å². The van der Waals surface area contributed by atoms with Gasteiger partial charge in [-0.15, -0.1) is 18.3 Å². The van der Waals surface area contributed by atoms with Crippen molar-refractivity contribution in [1.82, 2.24) is 15.7 Å². The van der Waals surface area contributed by atoms with E-state index in [2.05, 4.69) is 46.1 Å². The highest BCUT2D eigenvalue weighted by atomic mass is 16.2. The van der Waals surface area contributed by atoms with Gasteiger partial charge < -0.3 is 4.90 Å². The fourth-order valence-corrected chi connectivity index (χ4v) is 5.28. The first kappa shape index (κ1) is 22.6. The van der Waals surface area contributed by atoms with Crippen LogP contribution in [0.1, 0.15) is 68.1 Å². The maximum Gasteiger partial charge on any atom is 0.227 e. The highest BCUT2D eigenvalue weighted by molar-refractivity contribution is 5.96. The molecule has 0 saturated heterocycles. The number of hydrogen-bond donors (Lipinski definition) is 1. The summed E-state index contributed by atoms with van der Waals surface area (Å²) in [4.78, 5) is 14.9. The van der Waals surface area contributed by atoms with E-state index in [9.17, 15) is 4.79 Å². The molecular weight excluding hydrogens is 398 g/mol. The Balaban J connectivity index is 1.38. The summed E-state index contributed by atoms with van der Waals surface area (Å²) in [5, 5.41) is 8.71. The van der Waals surface area contributed by atoms with Gasteiger partial charge in [0.1, 0.15) is 6.34 Å². The lowest BCUT2D eigenvalue weighted by Gasteiger charge is -2.36. The molecule has 0 radical (unpaired) electrons. The monoisotopic (exact) mass is 435 g/mol. The minimum Gasteiger partial charge on any atom is -0.312 e. The fourth-order valence-electron chi connectivity index (χ4n) is 5.28. The van der Waals surface area contributed by atoms with Gasteiger partial charge in [-0.3, -0.25) is 9.80 Å². The molecule has 0 atom stereocenters. The Labute approximate surface area is 192 Å². The summed E-state index contributed by atoms with van der Waals surface area (Å²) in [5.74, 6) is 0.240. The van der Waals surface area contributed by atoms with Crippen LogP contribution in [0.2, 0.25) is 0 Å². The first-order valence-electron chi connectivity index (χ1n) is 12.2. The molecule has 1 aromatic rings. The molecule has 0 aromatic heterocycles. The van der Waals surface area contributed by atoms with Gasteiger partial charge in [0.15, 0.2) is 0 Å². The van der Waals surface area contributed by atoms with E-state index in [0.29, 0.717) is 12.5 Å². The molecule has 2 heterocycles. The van der Waals surface area contributed by atoms with Crippen LogP contribution in [0, 0.1) is 0 Å². The number of allylic oxidation sites excluding steroid dienone is 2. The fraction of sp³-hybridized carbons (Fsp3) is 0.538. The van der Waals surface area contributed by atoms with E-state index in [4.69, 9.17) is 0 Å². The second-order valence-corrected chi connectivity index (χ2v) is 9.13. The van der Waals surface area contributed by atoms with Crippen molar-refractivity contribution in [1.29, 1.82) is 0 Å². The van der Waals surface area contributed by atoms with Crippen LogP contribution in [-0.4, -0.2) is 41.5 Å². The van der Waals surface area contributed by atoms with Crippen LogP contribution in [0.4, 0.5) is 5.69 Å². The molecule has 6 heteroatoms. The van der Waals surface area contributed by atoms with Crippen molar-refractivity contribution >= 4 is 17.9 Å². The molecule has 1 aliphatic carbocycles. The van der Waals surface area contributed by atoms with Crippen molar-refractivity contribution in [2.24, 2.45) is 5.10 Å². The van der Waals surface area contributed by atoms with Crippen molar-refractivity contribution < 1.29 is 4.79 Å². The van der Waals surface area contributed by atoms with Crippen molar-refractivity contribution in [2.45, 2.75) is 76.7 Å². The van der Waals surface area contributed by atoms with E-state index in [0.717, 1.165) is 50.9 Å². The zero-order chi connectivity index (χ0) is 22.3. The molecule has 2 aliphatic heterocycles. The number of nitrogens with zero attached hydrogens (tertiary/aromatic N) is 4. The minimum absolute atomic E-state index is 0.240. The second-order valence-electron chi connectivity index (χ2n) is 9.13. The molecule has 1 aromatic carbocycles. The third-order valence-corrected chi connectivity index (χ3v) is 6.88. The van der Waals surface area contributed by atoms with E-state index in [-0.39, 0.29) is 5.91 Å². The van der Waals surface area contributed by atoms with E-state index < -0.39 is 0 Å². The number of benzene rings is 1. The summed E-state index contributed by atoms with van der Waals surface area (Å²) < 4.78 is 0. The standard InChI is InChI=1S/C26H37N5O/c1-3-10-21-18-22(11-4-2)24-14-15-26(32)29(25(24)19-21)16-8-9-17-31-28-27-20-30(31)23-12-6-5-7-13-23/h3-4,18-20,23,28H,1-2,5-17H2. The first-order valence-corrected chi connectivity index (χ1v) is 12.2. The van der Waals surface area contributed by atoms with Crippen molar-refractivity contribution in [2.75, 3.05) is 18.0 Å². The van der Waals surface area contributed by atoms with Gasteiger partial charge in [-0.05, 0) is 67.7 Å². The number of rotatable bonds is 10. The third kappa shape index (κ3) is 5.07. The number of hydrazone groups is 1. The second kappa shape index (κ2) is 10.8. The molecule has 1 saturated carbocycles. The number of carbonyl (C=O) groups excluding carboxylic acids is 1. The molecule has 1 N–H and O–H groups in total. The summed E-state index contributed by atoms with van der Waals surface area (Å²) in [5.41, 5.74) is 8.07. The van der Waals surface area contributed by atoms with Crippen LogP contribution in [0.15, 0.2) is 42.5 Å². The Hall–Kier alpha value is -2.60. The number of carbonyl (C=O) groups is 1. The number of anilines is 1. The number of hydrogen-bond acceptors (Lipinski definition) is 5. The Morgan fingerprint density at radius 1 is 1.03 bits per heavy atom. The smallest absolute Gasteiger partial charge is 0.227 e. The lowest BCUT2D eigenvalue weighted by atomic mass is 9.91. The highest BCUT2D eigenvalue weighted by Crippen LogP contribution is 2.33. The number of hydrazine groups is 2. The Kier molecular flexibility index (Phi) is 7.63. The Morgan fingerprint density at radius 3 is 2.59 bits per heavy atom. The van der Waals surface area contributed by atoms with Gasteiger partial charge in [-0.25, -0.2) is 5.53 Å². The van der Waals surface area contributed by atoms with E-state index in [1.54, 1.807) is 0 Å². The van der Waals surface area contributed by atoms with Gasteiger partial charge in [-0.2, -0.15) is 5.10 Å². The zero-order valence-corrected chi connectivity index (χ0v) is 19.3. The average molecular weight is 436 g/mol. The predicted octanol–water partition coefficient (Wildman–Crippen LogP) is 4.52. The molecule has 0 bridgehead atoms. The SMILES string of the molecule is C=CCc1cc(CC=C)c2c(c1)N(CCCCN1NN=CN1C1CCCCC1)C(=O)CC2. The maximum atomic E-state index is 12.8. The van der Waals surface area contributed by atoms with Gasteiger partial charge in [0, 0.05) is 31.2 Å². The van der Waals surface area contributed by atoms with E-state index >= 15 is 0 Å². The summed E-state index contributed by atoms with van der Waals surface area (Å²) in [7, 11) is 0. The lowest BCUT2D eigenvalue weighted by molar-refractivity contribution is -0.118. The molecule has 4 rings (SSSR count). The van der Waals surface area contributed by atoms with Gasteiger partial charge >= 0.3 is 0 Å². The first-order chi connectivity index (χ1) is 15.7. The molecule has 1 amide bonds. The average Bonchev–Trinajstić information content (AvgIpc) is 3.27. The summed E-state index contributed by atoms with van der Waals surface area (Å²) in [6.07, 6.45) is 17.3. The Bertz CT molecular complexity index is 858. The molecule has 3 aliphatic rings. The quantitative estimate of drug-likeness (QED) is 0.434. The molecule has 1 fully saturated rings. The van der Waals surface area contributed by atoms with Crippen LogP contribution in [0.3, 0.4) is 0 Å². The normalized spacial score (nSPS) is 19.2. The van der Waals surface area contributed by atoms with Crippen LogP contribution < -0.4 is 10.4 Å². The molecule has 0 spiro atoms. The van der Waals surface area contributed by atoms with Gasteiger partial charge in [0.2, 0.25) is 5.91 Å². The lowest BCUT2D eigenvalue weighted by Crippen LogP contribution is -2.49. The van der Waals surface area contributed by atoms with Crippen molar-refractivity contribution in [3.63, 3.8) is 0 Å². The molecule has 172 valence electrons. The zero-order valence-electron chi connectivity index (χ0n) is 19.3. The van der Waals surface area contributed by atoms with Crippen LogP contribution >= 0.6 is 0 Å². The number of unbranched alkanes of at least 4 members (excludes halogenated alkanes) is 1. The van der Waals surface area contributed by atoms with Gasteiger partial charge in [0.25, 0.3) is 0 Å². The van der Waals surface area contributed by atoms with Crippen molar-refractivity contribution in [3.05, 3.63) is 54.1 Å². The summed E-state index contributed by atoms with van der Waals surface area (Å²) >= 11 is 0. The minimum atomic E-state index is 0.240. The number of nitrogens with one attached hydrogen (secondary N) is 1. The summed E-state index contributed by atoms with van der Waals surface area (Å²) in [6.45, 7) is 9.47. The maximum absolute atomic E-state index is 12.8. The molecule has 32 heavy (non-hydrogen) atoms. The van der Waals surface area contributed by atoms with E-state index in [1.807, 2.05) is 23.4 Å². The molecular formula is C26H37N5O.